The highest BCUT2D eigenvalue weighted by molar-refractivity contribution is 8.00. The van der Waals surface area contributed by atoms with E-state index in [0.29, 0.717) is 10.8 Å². The summed E-state index contributed by atoms with van der Waals surface area (Å²) >= 11 is 1.93. The second-order valence-corrected chi connectivity index (χ2v) is 6.82. The van der Waals surface area contributed by atoms with Gasteiger partial charge in [-0.1, -0.05) is 20.8 Å². The summed E-state index contributed by atoms with van der Waals surface area (Å²) in [6.45, 7) is 8.77. The third kappa shape index (κ3) is 5.40. The van der Waals surface area contributed by atoms with E-state index in [9.17, 15) is 4.39 Å². The summed E-state index contributed by atoms with van der Waals surface area (Å²) in [5, 5.41) is 3.35. The Morgan fingerprint density at radius 2 is 1.81 bits per heavy atom. The largest absolute Gasteiger partial charge is 0.382 e. The summed E-state index contributed by atoms with van der Waals surface area (Å²) in [6, 6.07) is 6.88. The molecule has 0 bridgehead atoms. The van der Waals surface area contributed by atoms with E-state index in [1.165, 1.54) is 12.1 Å². The highest BCUT2D eigenvalue weighted by Crippen LogP contribution is 2.24. The molecular formula is C13H20FNS. The van der Waals surface area contributed by atoms with E-state index < -0.39 is 0 Å². The maximum Gasteiger partial charge on any atom is 0.123 e. The molecule has 1 unspecified atom stereocenters. The number of hydrogen-bond acceptors (Lipinski definition) is 2. The standard InChI is InChI=1S/C13H20FNS/c1-10(9-16-13(2,3)4)15-12-7-5-11(14)6-8-12/h5-8,10,15H,9H2,1-4H3. The molecule has 0 aliphatic rings. The molecule has 1 N–H and O–H groups in total. The first-order valence-electron chi connectivity index (χ1n) is 5.53. The van der Waals surface area contributed by atoms with E-state index >= 15 is 0 Å². The number of nitrogens with one attached hydrogen (secondary N) is 1. The molecule has 0 aromatic heterocycles. The van der Waals surface area contributed by atoms with Crippen molar-refractivity contribution in [1.82, 2.24) is 0 Å². The first-order chi connectivity index (χ1) is 7.37. The Morgan fingerprint density at radius 1 is 1.25 bits per heavy atom. The van der Waals surface area contributed by atoms with E-state index in [1.54, 1.807) is 12.1 Å². The normalized spacial score (nSPS) is 13.6. The van der Waals surface area contributed by atoms with Crippen LogP contribution in [0.3, 0.4) is 0 Å². The molecular weight excluding hydrogens is 221 g/mol. The van der Waals surface area contributed by atoms with Crippen molar-refractivity contribution in [3.8, 4) is 0 Å². The third-order valence-electron chi connectivity index (χ3n) is 2.02. The van der Waals surface area contributed by atoms with Crippen molar-refractivity contribution < 1.29 is 4.39 Å². The summed E-state index contributed by atoms with van der Waals surface area (Å²) in [5.74, 6) is 0.850. The number of hydrogen-bond donors (Lipinski definition) is 1. The number of benzene rings is 1. The molecule has 0 heterocycles. The van der Waals surface area contributed by atoms with Gasteiger partial charge in [0.05, 0.1) is 0 Å². The fourth-order valence-electron chi connectivity index (χ4n) is 1.25. The molecule has 0 saturated heterocycles. The quantitative estimate of drug-likeness (QED) is 0.849. The van der Waals surface area contributed by atoms with Gasteiger partial charge >= 0.3 is 0 Å². The zero-order chi connectivity index (χ0) is 12.2. The lowest BCUT2D eigenvalue weighted by Gasteiger charge is -2.22. The van der Waals surface area contributed by atoms with E-state index in [0.717, 1.165) is 11.4 Å². The minimum Gasteiger partial charge on any atom is -0.382 e. The molecule has 16 heavy (non-hydrogen) atoms. The minimum absolute atomic E-state index is 0.192. The van der Waals surface area contributed by atoms with Gasteiger partial charge < -0.3 is 5.32 Å². The molecule has 0 spiro atoms. The van der Waals surface area contributed by atoms with Gasteiger partial charge in [-0.2, -0.15) is 11.8 Å². The molecule has 1 atom stereocenters. The number of rotatable bonds is 4. The van der Waals surface area contributed by atoms with Gasteiger partial charge in [-0.3, -0.25) is 0 Å². The summed E-state index contributed by atoms with van der Waals surface area (Å²) in [4.78, 5) is 0. The molecule has 1 nitrogen and oxygen atoms in total. The first-order valence-corrected chi connectivity index (χ1v) is 6.51. The highest BCUT2D eigenvalue weighted by Gasteiger charge is 2.12. The summed E-state index contributed by atoms with van der Waals surface area (Å²) in [7, 11) is 0. The van der Waals surface area contributed by atoms with Gasteiger partial charge in [0, 0.05) is 22.2 Å². The predicted molar refractivity (Wildman–Crippen MR) is 71.7 cm³/mol. The van der Waals surface area contributed by atoms with Crippen LogP contribution in [0, 0.1) is 5.82 Å². The number of halogens is 1. The van der Waals surface area contributed by atoms with Crippen LogP contribution < -0.4 is 5.32 Å². The summed E-state index contributed by atoms with van der Waals surface area (Å²) < 4.78 is 13.0. The SMILES string of the molecule is CC(CSC(C)(C)C)Nc1ccc(F)cc1. The van der Waals surface area contributed by atoms with Crippen molar-refractivity contribution >= 4 is 17.4 Å². The molecule has 90 valence electrons. The van der Waals surface area contributed by atoms with Crippen molar-refractivity contribution in [3.63, 3.8) is 0 Å². The van der Waals surface area contributed by atoms with Gasteiger partial charge in [-0.25, -0.2) is 4.39 Å². The Hall–Kier alpha value is -0.700. The average Bonchev–Trinajstić information content (AvgIpc) is 2.18. The van der Waals surface area contributed by atoms with Crippen molar-refractivity contribution in [2.75, 3.05) is 11.1 Å². The van der Waals surface area contributed by atoms with Gasteiger partial charge in [0.2, 0.25) is 0 Å². The van der Waals surface area contributed by atoms with E-state index in [4.69, 9.17) is 0 Å². The van der Waals surface area contributed by atoms with Crippen molar-refractivity contribution in [1.29, 1.82) is 0 Å². The molecule has 3 heteroatoms. The van der Waals surface area contributed by atoms with Crippen LogP contribution in [-0.4, -0.2) is 16.5 Å². The van der Waals surface area contributed by atoms with Crippen molar-refractivity contribution in [2.24, 2.45) is 0 Å². The molecule has 0 saturated carbocycles. The van der Waals surface area contributed by atoms with E-state index in [-0.39, 0.29) is 5.82 Å². The topological polar surface area (TPSA) is 12.0 Å². The van der Waals surface area contributed by atoms with Gasteiger partial charge in [0.1, 0.15) is 5.82 Å². The molecule has 0 aliphatic heterocycles. The lowest BCUT2D eigenvalue weighted by atomic mass is 10.2. The van der Waals surface area contributed by atoms with Crippen molar-refractivity contribution in [2.45, 2.75) is 38.5 Å². The van der Waals surface area contributed by atoms with Crippen LogP contribution >= 0.6 is 11.8 Å². The highest BCUT2D eigenvalue weighted by atomic mass is 32.2. The van der Waals surface area contributed by atoms with Crippen molar-refractivity contribution in [3.05, 3.63) is 30.1 Å². The Kier molecular flexibility index (Phi) is 4.66. The van der Waals surface area contributed by atoms with Crippen LogP contribution in [0.1, 0.15) is 27.7 Å². The first kappa shape index (κ1) is 13.4. The van der Waals surface area contributed by atoms with Crippen LogP contribution in [0.2, 0.25) is 0 Å². The Balaban J connectivity index is 2.39. The Bertz CT molecular complexity index is 316. The molecule has 0 radical (unpaired) electrons. The lowest BCUT2D eigenvalue weighted by Crippen LogP contribution is -2.21. The molecule has 0 amide bonds. The van der Waals surface area contributed by atoms with Crippen LogP contribution in [-0.2, 0) is 0 Å². The molecule has 0 fully saturated rings. The van der Waals surface area contributed by atoms with Gasteiger partial charge in [-0.15, -0.1) is 0 Å². The smallest absolute Gasteiger partial charge is 0.123 e. The van der Waals surface area contributed by atoms with Crippen LogP contribution in [0.5, 0.6) is 0 Å². The zero-order valence-corrected chi connectivity index (χ0v) is 11.2. The van der Waals surface area contributed by atoms with E-state index in [1.807, 2.05) is 11.8 Å². The maximum atomic E-state index is 12.7. The number of thioether (sulfide) groups is 1. The average molecular weight is 241 g/mol. The lowest BCUT2D eigenvalue weighted by molar-refractivity contribution is 0.628. The molecule has 1 aromatic rings. The van der Waals surface area contributed by atoms with Gasteiger partial charge in [0.15, 0.2) is 0 Å². The molecule has 1 rings (SSSR count). The van der Waals surface area contributed by atoms with Crippen LogP contribution in [0.25, 0.3) is 0 Å². The second kappa shape index (κ2) is 5.58. The fraction of sp³-hybridized carbons (Fsp3) is 0.538. The summed E-state index contributed by atoms with van der Waals surface area (Å²) in [5.41, 5.74) is 0.975. The van der Waals surface area contributed by atoms with Crippen LogP contribution in [0.4, 0.5) is 10.1 Å². The fourth-order valence-corrected chi connectivity index (χ4v) is 2.08. The van der Waals surface area contributed by atoms with Crippen LogP contribution in [0.15, 0.2) is 24.3 Å². The minimum atomic E-state index is -0.192. The monoisotopic (exact) mass is 241 g/mol. The molecule has 0 aliphatic carbocycles. The zero-order valence-electron chi connectivity index (χ0n) is 10.4. The Morgan fingerprint density at radius 3 is 2.31 bits per heavy atom. The third-order valence-corrected chi connectivity index (χ3v) is 3.56. The predicted octanol–water partition coefficient (Wildman–Crippen LogP) is 4.16. The number of anilines is 1. The van der Waals surface area contributed by atoms with Gasteiger partial charge in [0.25, 0.3) is 0 Å². The molecule has 1 aromatic carbocycles. The second-order valence-electron chi connectivity index (χ2n) is 4.98. The Labute approximate surface area is 102 Å². The van der Waals surface area contributed by atoms with E-state index in [2.05, 4.69) is 33.0 Å². The maximum absolute atomic E-state index is 12.7. The summed E-state index contributed by atoms with van der Waals surface area (Å²) in [6.07, 6.45) is 0. The van der Waals surface area contributed by atoms with Gasteiger partial charge in [-0.05, 0) is 31.2 Å².